The molecule has 122 valence electrons. The summed E-state index contributed by atoms with van der Waals surface area (Å²) < 4.78 is 5.33. The SMILES string of the molecule is Cc1ccccc1NCCC(=O)N[C@@H](C)CN1CCOCC1. The Morgan fingerprint density at radius 1 is 1.32 bits per heavy atom. The van der Waals surface area contributed by atoms with Gasteiger partial charge in [-0.15, -0.1) is 0 Å². The summed E-state index contributed by atoms with van der Waals surface area (Å²) >= 11 is 0. The van der Waals surface area contributed by atoms with Gasteiger partial charge in [-0.1, -0.05) is 18.2 Å². The third-order valence-corrected chi connectivity index (χ3v) is 3.86. The van der Waals surface area contributed by atoms with Crippen molar-refractivity contribution in [3.8, 4) is 0 Å². The van der Waals surface area contributed by atoms with Crippen molar-refractivity contribution < 1.29 is 9.53 Å². The fourth-order valence-corrected chi connectivity index (χ4v) is 2.65. The van der Waals surface area contributed by atoms with Gasteiger partial charge in [0, 0.05) is 44.3 Å². The molecule has 2 N–H and O–H groups in total. The van der Waals surface area contributed by atoms with E-state index in [1.165, 1.54) is 5.56 Å². The standard InChI is InChI=1S/C17H27N3O2/c1-14-5-3-4-6-16(14)18-8-7-17(21)19-15(2)13-20-9-11-22-12-10-20/h3-6,15,18H,7-13H2,1-2H3,(H,19,21)/t15-/m0/s1. The van der Waals surface area contributed by atoms with Crippen LogP contribution in [0.1, 0.15) is 18.9 Å². The molecule has 5 heteroatoms. The number of nitrogens with zero attached hydrogens (tertiary/aromatic N) is 1. The summed E-state index contributed by atoms with van der Waals surface area (Å²) in [4.78, 5) is 14.3. The number of carbonyl (C=O) groups is 1. The lowest BCUT2D eigenvalue weighted by Crippen LogP contribution is -2.46. The van der Waals surface area contributed by atoms with Crippen LogP contribution < -0.4 is 10.6 Å². The normalized spacial score (nSPS) is 17.0. The molecule has 0 aromatic heterocycles. The molecule has 1 saturated heterocycles. The maximum atomic E-state index is 12.0. The molecule has 1 amide bonds. The Kier molecular flexibility index (Phi) is 6.68. The summed E-state index contributed by atoms with van der Waals surface area (Å²) in [6.07, 6.45) is 0.488. The average Bonchev–Trinajstić information content (AvgIpc) is 2.50. The zero-order valence-electron chi connectivity index (χ0n) is 13.6. The van der Waals surface area contributed by atoms with Crippen molar-refractivity contribution in [1.29, 1.82) is 0 Å². The molecule has 0 saturated carbocycles. The quantitative estimate of drug-likeness (QED) is 0.804. The van der Waals surface area contributed by atoms with Crippen molar-refractivity contribution in [2.24, 2.45) is 0 Å². The highest BCUT2D eigenvalue weighted by atomic mass is 16.5. The summed E-state index contributed by atoms with van der Waals surface area (Å²) in [6, 6.07) is 8.28. The number of aryl methyl sites for hydroxylation is 1. The van der Waals surface area contributed by atoms with E-state index >= 15 is 0 Å². The van der Waals surface area contributed by atoms with Crippen LogP contribution in [0.3, 0.4) is 0 Å². The largest absolute Gasteiger partial charge is 0.384 e. The van der Waals surface area contributed by atoms with Gasteiger partial charge in [0.2, 0.25) is 5.91 Å². The van der Waals surface area contributed by atoms with E-state index in [0.717, 1.165) is 38.5 Å². The minimum atomic E-state index is 0.0989. The Labute approximate surface area is 133 Å². The van der Waals surface area contributed by atoms with E-state index in [2.05, 4.69) is 35.4 Å². The number of hydrogen-bond acceptors (Lipinski definition) is 4. The van der Waals surface area contributed by atoms with Gasteiger partial charge in [-0.05, 0) is 25.5 Å². The van der Waals surface area contributed by atoms with Crippen LogP contribution in [-0.2, 0) is 9.53 Å². The molecular weight excluding hydrogens is 278 g/mol. The molecular formula is C17H27N3O2. The van der Waals surface area contributed by atoms with Gasteiger partial charge >= 0.3 is 0 Å². The number of carbonyl (C=O) groups excluding carboxylic acids is 1. The zero-order chi connectivity index (χ0) is 15.8. The van der Waals surface area contributed by atoms with Crippen LogP contribution in [0.5, 0.6) is 0 Å². The fourth-order valence-electron chi connectivity index (χ4n) is 2.65. The number of amides is 1. The molecule has 5 nitrogen and oxygen atoms in total. The molecule has 0 aliphatic carbocycles. The second kappa shape index (κ2) is 8.76. The highest BCUT2D eigenvalue weighted by molar-refractivity contribution is 5.76. The van der Waals surface area contributed by atoms with E-state index in [1.54, 1.807) is 0 Å². The van der Waals surface area contributed by atoms with Gasteiger partial charge in [0.05, 0.1) is 13.2 Å². The van der Waals surface area contributed by atoms with Crippen LogP contribution in [0, 0.1) is 6.92 Å². The van der Waals surface area contributed by atoms with Gasteiger partial charge in [0.25, 0.3) is 0 Å². The second-order valence-corrected chi connectivity index (χ2v) is 5.87. The van der Waals surface area contributed by atoms with Crippen molar-refractivity contribution in [2.75, 3.05) is 44.7 Å². The van der Waals surface area contributed by atoms with Gasteiger partial charge < -0.3 is 15.4 Å². The summed E-state index contributed by atoms with van der Waals surface area (Å²) in [7, 11) is 0. The molecule has 1 aromatic carbocycles. The summed E-state index contributed by atoms with van der Waals surface area (Å²) in [6.45, 7) is 9.16. The Morgan fingerprint density at radius 2 is 2.05 bits per heavy atom. The molecule has 0 spiro atoms. The van der Waals surface area contributed by atoms with Gasteiger partial charge in [0.15, 0.2) is 0 Å². The van der Waals surface area contributed by atoms with E-state index in [4.69, 9.17) is 4.74 Å². The first kappa shape index (κ1) is 16.8. The Hall–Kier alpha value is -1.59. The first-order valence-electron chi connectivity index (χ1n) is 8.04. The van der Waals surface area contributed by atoms with E-state index in [1.807, 2.05) is 18.2 Å². The predicted octanol–water partition coefficient (Wildman–Crippen LogP) is 1.63. The Bertz CT molecular complexity index is 473. The van der Waals surface area contributed by atoms with Crippen LogP contribution in [0.4, 0.5) is 5.69 Å². The van der Waals surface area contributed by atoms with Gasteiger partial charge in [0.1, 0.15) is 0 Å². The lowest BCUT2D eigenvalue weighted by atomic mass is 10.2. The molecule has 0 unspecified atom stereocenters. The third-order valence-electron chi connectivity index (χ3n) is 3.86. The minimum Gasteiger partial charge on any atom is -0.384 e. The summed E-state index contributed by atoms with van der Waals surface area (Å²) in [5.41, 5.74) is 2.29. The van der Waals surface area contributed by atoms with Crippen molar-refractivity contribution in [2.45, 2.75) is 26.3 Å². The molecule has 1 aliphatic heterocycles. The van der Waals surface area contributed by atoms with Crippen LogP contribution in [0.25, 0.3) is 0 Å². The minimum absolute atomic E-state index is 0.0989. The predicted molar refractivity (Wildman–Crippen MR) is 89.1 cm³/mol. The fraction of sp³-hybridized carbons (Fsp3) is 0.588. The molecule has 0 radical (unpaired) electrons. The highest BCUT2D eigenvalue weighted by Crippen LogP contribution is 2.12. The van der Waals surface area contributed by atoms with Crippen molar-refractivity contribution >= 4 is 11.6 Å². The first-order chi connectivity index (χ1) is 10.6. The maximum absolute atomic E-state index is 12.0. The number of benzene rings is 1. The lowest BCUT2D eigenvalue weighted by Gasteiger charge is -2.29. The highest BCUT2D eigenvalue weighted by Gasteiger charge is 2.14. The topological polar surface area (TPSA) is 53.6 Å². The van der Waals surface area contributed by atoms with Crippen LogP contribution >= 0.6 is 0 Å². The number of ether oxygens (including phenoxy) is 1. The molecule has 1 heterocycles. The monoisotopic (exact) mass is 305 g/mol. The number of rotatable bonds is 7. The number of para-hydroxylation sites is 1. The van der Waals surface area contributed by atoms with Crippen LogP contribution in [0.15, 0.2) is 24.3 Å². The number of morpholine rings is 1. The number of nitrogens with one attached hydrogen (secondary N) is 2. The maximum Gasteiger partial charge on any atom is 0.222 e. The molecule has 1 aliphatic rings. The van der Waals surface area contributed by atoms with Crippen LogP contribution in [-0.4, -0.2) is 56.2 Å². The van der Waals surface area contributed by atoms with E-state index < -0.39 is 0 Å². The molecule has 1 aromatic rings. The molecule has 1 atom stereocenters. The number of hydrogen-bond donors (Lipinski definition) is 2. The first-order valence-corrected chi connectivity index (χ1v) is 8.04. The lowest BCUT2D eigenvalue weighted by molar-refractivity contribution is -0.121. The van der Waals surface area contributed by atoms with E-state index in [-0.39, 0.29) is 11.9 Å². The van der Waals surface area contributed by atoms with Crippen molar-refractivity contribution in [1.82, 2.24) is 10.2 Å². The van der Waals surface area contributed by atoms with Crippen LogP contribution in [0.2, 0.25) is 0 Å². The van der Waals surface area contributed by atoms with E-state index in [9.17, 15) is 4.79 Å². The van der Waals surface area contributed by atoms with E-state index in [0.29, 0.717) is 13.0 Å². The molecule has 0 bridgehead atoms. The Balaban J connectivity index is 1.63. The number of anilines is 1. The average molecular weight is 305 g/mol. The third kappa shape index (κ3) is 5.66. The second-order valence-electron chi connectivity index (χ2n) is 5.87. The zero-order valence-corrected chi connectivity index (χ0v) is 13.6. The molecule has 22 heavy (non-hydrogen) atoms. The Morgan fingerprint density at radius 3 is 2.77 bits per heavy atom. The summed E-state index contributed by atoms with van der Waals surface area (Å²) in [5.74, 6) is 0.0989. The van der Waals surface area contributed by atoms with Gasteiger partial charge in [-0.3, -0.25) is 9.69 Å². The molecule has 2 rings (SSSR count). The van der Waals surface area contributed by atoms with Gasteiger partial charge in [-0.25, -0.2) is 0 Å². The molecule has 1 fully saturated rings. The van der Waals surface area contributed by atoms with Crippen molar-refractivity contribution in [3.63, 3.8) is 0 Å². The van der Waals surface area contributed by atoms with Gasteiger partial charge in [-0.2, -0.15) is 0 Å². The smallest absolute Gasteiger partial charge is 0.222 e. The van der Waals surface area contributed by atoms with Crippen molar-refractivity contribution in [3.05, 3.63) is 29.8 Å². The summed E-state index contributed by atoms with van der Waals surface area (Å²) in [5, 5.41) is 6.38.